The number of rotatable bonds is 10. The Labute approximate surface area is 239 Å². The Morgan fingerprint density at radius 1 is 1.00 bits per heavy atom. The van der Waals surface area contributed by atoms with Crippen LogP contribution >= 0.6 is 15.9 Å². The van der Waals surface area contributed by atoms with E-state index >= 15 is 0 Å². The first-order chi connectivity index (χ1) is 19.0. The van der Waals surface area contributed by atoms with Crippen molar-refractivity contribution in [3.05, 3.63) is 105 Å². The number of fused-ring (bicyclic) bond motifs is 1. The minimum absolute atomic E-state index is 0.113. The minimum Gasteiger partial charge on any atom is -0.332 e. The van der Waals surface area contributed by atoms with Crippen LogP contribution < -0.4 is 5.56 Å². The van der Waals surface area contributed by atoms with Crippen molar-refractivity contribution in [2.45, 2.75) is 64.3 Å². The van der Waals surface area contributed by atoms with Gasteiger partial charge in [-0.05, 0) is 67.1 Å². The number of hydrogen-bond acceptors (Lipinski definition) is 3. The van der Waals surface area contributed by atoms with E-state index in [1.807, 2.05) is 71.6 Å². The second kappa shape index (κ2) is 12.7. The Kier molecular flexibility index (Phi) is 8.92. The van der Waals surface area contributed by atoms with Gasteiger partial charge in [-0.15, -0.1) is 0 Å². The predicted octanol–water partition coefficient (Wildman–Crippen LogP) is 7.64. The van der Waals surface area contributed by atoms with Crippen LogP contribution in [0.15, 0.2) is 88.1 Å². The zero-order chi connectivity index (χ0) is 27.2. The minimum atomic E-state index is -0.328. The van der Waals surface area contributed by atoms with Crippen LogP contribution in [0.5, 0.6) is 0 Å². The maximum Gasteiger partial charge on any atom is 0.266 e. The summed E-state index contributed by atoms with van der Waals surface area (Å²) in [4.78, 5) is 34.9. The molecule has 1 aromatic heterocycles. The van der Waals surface area contributed by atoms with Gasteiger partial charge >= 0.3 is 0 Å². The van der Waals surface area contributed by atoms with E-state index in [1.54, 1.807) is 4.57 Å². The summed E-state index contributed by atoms with van der Waals surface area (Å²) < 4.78 is 2.65. The van der Waals surface area contributed by atoms with Crippen molar-refractivity contribution in [2.24, 2.45) is 5.92 Å². The Morgan fingerprint density at radius 2 is 1.69 bits per heavy atom. The third kappa shape index (κ3) is 6.33. The molecular formula is C33H36BrN3O2. The van der Waals surface area contributed by atoms with Crippen LogP contribution in [-0.2, 0) is 11.2 Å². The van der Waals surface area contributed by atoms with Crippen molar-refractivity contribution in [2.75, 3.05) is 6.54 Å². The van der Waals surface area contributed by atoms with Gasteiger partial charge in [-0.1, -0.05) is 91.0 Å². The van der Waals surface area contributed by atoms with Gasteiger partial charge in [0.15, 0.2) is 0 Å². The molecule has 5 rings (SSSR count). The van der Waals surface area contributed by atoms with Crippen LogP contribution in [0, 0.1) is 5.92 Å². The number of para-hydroxylation sites is 1. The van der Waals surface area contributed by atoms with Crippen molar-refractivity contribution in [1.82, 2.24) is 14.5 Å². The SMILES string of the molecule is CCC(c1nc2ccccc2c(=O)n1-c1ccc(Br)cc1)N(CCc1ccccc1)C(=O)CCC1CCCC1. The summed E-state index contributed by atoms with van der Waals surface area (Å²) in [7, 11) is 0. The number of benzene rings is 3. The van der Waals surface area contributed by atoms with Gasteiger partial charge in [0, 0.05) is 17.4 Å². The zero-order valence-corrected chi connectivity index (χ0v) is 24.1. The monoisotopic (exact) mass is 585 g/mol. The second-order valence-electron chi connectivity index (χ2n) is 10.5. The first-order valence-corrected chi connectivity index (χ1v) is 15.0. The number of halogens is 1. The quantitative estimate of drug-likeness (QED) is 0.192. The van der Waals surface area contributed by atoms with Crippen LogP contribution in [0.3, 0.4) is 0 Å². The third-order valence-corrected chi connectivity index (χ3v) is 8.52. The fourth-order valence-electron chi connectivity index (χ4n) is 5.87. The second-order valence-corrected chi connectivity index (χ2v) is 11.5. The van der Waals surface area contributed by atoms with Gasteiger partial charge in [0.05, 0.1) is 22.6 Å². The lowest BCUT2D eigenvalue weighted by Crippen LogP contribution is -2.39. The van der Waals surface area contributed by atoms with E-state index in [-0.39, 0.29) is 17.5 Å². The first-order valence-electron chi connectivity index (χ1n) is 14.2. The fourth-order valence-corrected chi connectivity index (χ4v) is 6.14. The van der Waals surface area contributed by atoms with Gasteiger partial charge < -0.3 is 4.90 Å². The van der Waals surface area contributed by atoms with E-state index in [0.717, 1.165) is 23.0 Å². The summed E-state index contributed by atoms with van der Waals surface area (Å²) in [5, 5.41) is 0.572. The average molecular weight is 587 g/mol. The maximum atomic E-state index is 13.9. The molecule has 0 N–H and O–H groups in total. The Balaban J connectivity index is 1.57. The van der Waals surface area contributed by atoms with Gasteiger partial charge in [-0.3, -0.25) is 14.2 Å². The zero-order valence-electron chi connectivity index (χ0n) is 22.6. The van der Waals surface area contributed by atoms with Crippen molar-refractivity contribution in [3.8, 4) is 5.69 Å². The lowest BCUT2D eigenvalue weighted by molar-refractivity contribution is -0.134. The molecule has 202 valence electrons. The highest BCUT2D eigenvalue weighted by atomic mass is 79.9. The number of amides is 1. The van der Waals surface area contributed by atoms with E-state index in [9.17, 15) is 9.59 Å². The van der Waals surface area contributed by atoms with E-state index in [2.05, 4.69) is 35.0 Å². The first kappa shape index (κ1) is 27.3. The number of nitrogens with zero attached hydrogens (tertiary/aromatic N) is 3. The lowest BCUT2D eigenvalue weighted by atomic mass is 10.0. The third-order valence-electron chi connectivity index (χ3n) is 7.99. The summed E-state index contributed by atoms with van der Waals surface area (Å²) in [6.07, 6.45) is 7.87. The molecule has 1 fully saturated rings. The van der Waals surface area contributed by atoms with E-state index < -0.39 is 0 Å². The van der Waals surface area contributed by atoms with Gasteiger partial charge in [0.1, 0.15) is 5.82 Å². The molecule has 0 saturated heterocycles. The van der Waals surface area contributed by atoms with Crippen molar-refractivity contribution < 1.29 is 4.79 Å². The van der Waals surface area contributed by atoms with E-state index in [0.29, 0.717) is 42.0 Å². The van der Waals surface area contributed by atoms with Crippen LogP contribution in [-0.4, -0.2) is 26.9 Å². The molecule has 39 heavy (non-hydrogen) atoms. The topological polar surface area (TPSA) is 55.2 Å². The molecular weight excluding hydrogens is 550 g/mol. The van der Waals surface area contributed by atoms with Gasteiger partial charge in [0.25, 0.3) is 5.56 Å². The largest absolute Gasteiger partial charge is 0.332 e. The fraction of sp³-hybridized carbons (Fsp3) is 0.364. The summed E-state index contributed by atoms with van der Waals surface area (Å²) >= 11 is 3.51. The van der Waals surface area contributed by atoms with Gasteiger partial charge in [-0.25, -0.2) is 4.98 Å². The van der Waals surface area contributed by atoms with Crippen molar-refractivity contribution in [3.63, 3.8) is 0 Å². The molecule has 1 amide bonds. The van der Waals surface area contributed by atoms with Crippen molar-refractivity contribution in [1.29, 1.82) is 0 Å². The number of hydrogen-bond donors (Lipinski definition) is 0. The molecule has 3 aromatic carbocycles. The van der Waals surface area contributed by atoms with Crippen LogP contribution in [0.25, 0.3) is 16.6 Å². The molecule has 4 aromatic rings. The van der Waals surface area contributed by atoms with Crippen LogP contribution in [0.2, 0.25) is 0 Å². The Hall–Kier alpha value is -3.25. The summed E-state index contributed by atoms with van der Waals surface area (Å²) in [5.74, 6) is 1.41. The highest BCUT2D eigenvalue weighted by Gasteiger charge is 2.29. The molecule has 5 nitrogen and oxygen atoms in total. The van der Waals surface area contributed by atoms with E-state index in [1.165, 1.54) is 31.2 Å². The molecule has 1 atom stereocenters. The molecule has 1 aliphatic rings. The molecule has 0 aliphatic heterocycles. The summed E-state index contributed by atoms with van der Waals surface area (Å²) in [6.45, 7) is 2.66. The lowest BCUT2D eigenvalue weighted by Gasteiger charge is -2.33. The maximum absolute atomic E-state index is 13.9. The number of aromatic nitrogens is 2. The van der Waals surface area contributed by atoms with E-state index in [4.69, 9.17) is 4.98 Å². The van der Waals surface area contributed by atoms with Crippen LogP contribution in [0.4, 0.5) is 0 Å². The van der Waals surface area contributed by atoms with Gasteiger partial charge in [0.2, 0.25) is 5.91 Å². The molecule has 6 heteroatoms. The highest BCUT2D eigenvalue weighted by Crippen LogP contribution is 2.31. The molecule has 1 saturated carbocycles. The molecule has 0 radical (unpaired) electrons. The predicted molar refractivity (Wildman–Crippen MR) is 161 cm³/mol. The Morgan fingerprint density at radius 3 is 2.41 bits per heavy atom. The normalized spacial score (nSPS) is 14.5. The Bertz CT molecular complexity index is 1460. The molecule has 0 spiro atoms. The molecule has 1 aliphatic carbocycles. The highest BCUT2D eigenvalue weighted by molar-refractivity contribution is 9.10. The molecule has 1 heterocycles. The van der Waals surface area contributed by atoms with Gasteiger partial charge in [-0.2, -0.15) is 0 Å². The summed E-state index contributed by atoms with van der Waals surface area (Å²) in [6, 6.07) is 25.2. The van der Waals surface area contributed by atoms with Crippen LogP contribution in [0.1, 0.15) is 69.3 Å². The number of carbonyl (C=O) groups excluding carboxylic acids is 1. The van der Waals surface area contributed by atoms with Crippen molar-refractivity contribution >= 4 is 32.7 Å². The number of carbonyl (C=O) groups is 1. The smallest absolute Gasteiger partial charge is 0.266 e. The molecule has 0 bridgehead atoms. The average Bonchev–Trinajstić information content (AvgIpc) is 3.49. The summed E-state index contributed by atoms with van der Waals surface area (Å²) in [5.41, 5.74) is 2.48. The molecule has 1 unspecified atom stereocenters. The standard InChI is InChI=1S/C33H36BrN3O2/c1-2-30(36(23-22-25-10-4-3-5-11-25)31(38)21-16-24-12-6-7-13-24)32-35-29-15-9-8-14-28(29)33(39)37(32)27-19-17-26(34)18-20-27/h3-5,8-11,14-15,17-20,24,30H,2,6-7,12-13,16,21-23H2,1H3.